The van der Waals surface area contributed by atoms with Crippen LogP contribution in [0.4, 0.5) is 0 Å². The van der Waals surface area contributed by atoms with Gasteiger partial charge in [-0.05, 0) is 44.0 Å². The Morgan fingerprint density at radius 1 is 1.38 bits per heavy atom. The van der Waals surface area contributed by atoms with Crippen LogP contribution >= 0.6 is 0 Å². The zero-order chi connectivity index (χ0) is 14.5. The van der Waals surface area contributed by atoms with Gasteiger partial charge < -0.3 is 10.6 Å². The molecule has 1 atom stereocenters. The summed E-state index contributed by atoms with van der Waals surface area (Å²) in [6.07, 6.45) is 5.62. The first kappa shape index (κ1) is 13.8. The van der Waals surface area contributed by atoms with Gasteiger partial charge in [-0.3, -0.25) is 4.79 Å². The van der Waals surface area contributed by atoms with Gasteiger partial charge in [0.2, 0.25) is 0 Å². The lowest BCUT2D eigenvalue weighted by molar-refractivity contribution is 0.0951. The molecule has 21 heavy (non-hydrogen) atoms. The van der Waals surface area contributed by atoms with Crippen LogP contribution in [-0.4, -0.2) is 35.3 Å². The van der Waals surface area contributed by atoms with Gasteiger partial charge in [0.1, 0.15) is 0 Å². The predicted molar refractivity (Wildman–Crippen MR) is 81.5 cm³/mol. The minimum absolute atomic E-state index is 0.0527. The number of rotatable bonds is 5. The van der Waals surface area contributed by atoms with E-state index in [2.05, 4.69) is 15.7 Å². The van der Waals surface area contributed by atoms with E-state index < -0.39 is 0 Å². The van der Waals surface area contributed by atoms with Crippen molar-refractivity contribution in [2.75, 3.05) is 19.6 Å². The molecule has 1 aromatic heterocycles. The molecule has 0 radical (unpaired) electrons. The third-order valence-electron chi connectivity index (χ3n) is 3.87. The molecule has 0 aliphatic carbocycles. The summed E-state index contributed by atoms with van der Waals surface area (Å²) in [6, 6.07) is 9.78. The zero-order valence-electron chi connectivity index (χ0n) is 12.0. The number of nitrogens with one attached hydrogen (secondary N) is 2. The molecule has 1 aromatic carbocycles. The highest BCUT2D eigenvalue weighted by Gasteiger charge is 2.15. The Balaban J connectivity index is 1.54. The van der Waals surface area contributed by atoms with Gasteiger partial charge in [0, 0.05) is 12.7 Å². The van der Waals surface area contributed by atoms with Crippen molar-refractivity contribution in [3.63, 3.8) is 0 Å². The maximum Gasteiger partial charge on any atom is 0.254 e. The fourth-order valence-corrected chi connectivity index (χ4v) is 2.61. The summed E-state index contributed by atoms with van der Waals surface area (Å²) in [5, 5.41) is 10.5. The molecule has 0 spiro atoms. The maximum absolute atomic E-state index is 12.1. The van der Waals surface area contributed by atoms with Crippen molar-refractivity contribution >= 4 is 5.91 Å². The van der Waals surface area contributed by atoms with E-state index >= 15 is 0 Å². The van der Waals surface area contributed by atoms with Crippen molar-refractivity contribution in [3.05, 3.63) is 48.3 Å². The van der Waals surface area contributed by atoms with E-state index in [0.29, 0.717) is 11.5 Å². The molecule has 110 valence electrons. The molecule has 1 unspecified atom stereocenters. The molecule has 1 fully saturated rings. The van der Waals surface area contributed by atoms with E-state index in [1.807, 2.05) is 30.3 Å². The van der Waals surface area contributed by atoms with Crippen molar-refractivity contribution in [2.24, 2.45) is 5.92 Å². The first-order chi connectivity index (χ1) is 10.3. The average Bonchev–Trinajstić information content (AvgIpc) is 3.20. The summed E-state index contributed by atoms with van der Waals surface area (Å²) in [7, 11) is 0. The van der Waals surface area contributed by atoms with Crippen LogP contribution in [0.15, 0.2) is 42.7 Å². The van der Waals surface area contributed by atoms with Gasteiger partial charge in [0.15, 0.2) is 0 Å². The second kappa shape index (κ2) is 6.54. The van der Waals surface area contributed by atoms with Crippen LogP contribution in [0.3, 0.4) is 0 Å². The van der Waals surface area contributed by atoms with Gasteiger partial charge in [-0.2, -0.15) is 5.10 Å². The molecule has 2 heterocycles. The Morgan fingerprint density at radius 2 is 2.24 bits per heavy atom. The van der Waals surface area contributed by atoms with E-state index in [1.54, 1.807) is 17.1 Å². The van der Waals surface area contributed by atoms with Crippen molar-refractivity contribution in [1.82, 2.24) is 20.4 Å². The van der Waals surface area contributed by atoms with Gasteiger partial charge >= 0.3 is 0 Å². The number of aromatic nitrogens is 2. The molecule has 1 aliphatic rings. The van der Waals surface area contributed by atoms with E-state index in [4.69, 9.17) is 0 Å². The summed E-state index contributed by atoms with van der Waals surface area (Å²) in [4.78, 5) is 12.1. The number of carbonyl (C=O) groups is 1. The molecule has 1 saturated heterocycles. The number of para-hydroxylation sites is 1. The molecule has 5 heteroatoms. The largest absolute Gasteiger partial charge is 0.352 e. The topological polar surface area (TPSA) is 59.0 Å². The normalized spacial score (nSPS) is 17.8. The Kier molecular flexibility index (Phi) is 4.31. The fourth-order valence-electron chi connectivity index (χ4n) is 2.61. The number of carbonyl (C=O) groups excluding carboxylic acids is 1. The monoisotopic (exact) mass is 284 g/mol. The van der Waals surface area contributed by atoms with E-state index in [-0.39, 0.29) is 5.91 Å². The lowest BCUT2D eigenvalue weighted by atomic mass is 10.1. The first-order valence-corrected chi connectivity index (χ1v) is 7.42. The summed E-state index contributed by atoms with van der Waals surface area (Å²) in [6.45, 7) is 2.89. The Hall–Kier alpha value is -2.14. The highest BCUT2D eigenvalue weighted by atomic mass is 16.1. The number of hydrogen-bond acceptors (Lipinski definition) is 3. The second-order valence-corrected chi connectivity index (χ2v) is 5.41. The van der Waals surface area contributed by atoms with Crippen LogP contribution in [0.2, 0.25) is 0 Å². The van der Waals surface area contributed by atoms with E-state index in [1.165, 1.54) is 6.42 Å². The van der Waals surface area contributed by atoms with Crippen molar-refractivity contribution in [3.8, 4) is 5.69 Å². The van der Waals surface area contributed by atoms with Crippen molar-refractivity contribution < 1.29 is 4.79 Å². The third-order valence-corrected chi connectivity index (χ3v) is 3.87. The quantitative estimate of drug-likeness (QED) is 0.877. The predicted octanol–water partition coefficient (Wildman–Crippen LogP) is 1.60. The molecular weight excluding hydrogens is 264 g/mol. The molecule has 1 amide bonds. The molecule has 3 rings (SSSR count). The molecule has 5 nitrogen and oxygen atoms in total. The molecule has 0 saturated carbocycles. The van der Waals surface area contributed by atoms with Crippen LogP contribution in [0, 0.1) is 5.92 Å². The minimum Gasteiger partial charge on any atom is -0.352 e. The number of hydrogen-bond donors (Lipinski definition) is 2. The third kappa shape index (κ3) is 3.49. The smallest absolute Gasteiger partial charge is 0.254 e. The summed E-state index contributed by atoms with van der Waals surface area (Å²) in [5.74, 6) is 0.639. The van der Waals surface area contributed by atoms with Gasteiger partial charge in [0.25, 0.3) is 5.91 Å². The highest BCUT2D eigenvalue weighted by molar-refractivity contribution is 5.93. The summed E-state index contributed by atoms with van der Waals surface area (Å²) in [5.41, 5.74) is 1.55. The second-order valence-electron chi connectivity index (χ2n) is 5.41. The van der Waals surface area contributed by atoms with Gasteiger partial charge in [-0.25, -0.2) is 4.68 Å². The van der Waals surface area contributed by atoms with E-state index in [9.17, 15) is 4.79 Å². The maximum atomic E-state index is 12.1. The number of nitrogens with zero attached hydrogens (tertiary/aromatic N) is 2. The van der Waals surface area contributed by atoms with Gasteiger partial charge in [0.05, 0.1) is 17.4 Å². The standard InChI is InChI=1S/C16H20N4O/c21-16(18-9-7-13-6-8-17-10-13)14-11-19-20(12-14)15-4-2-1-3-5-15/h1-5,11-13,17H,6-10H2,(H,18,21). The van der Waals surface area contributed by atoms with Crippen LogP contribution in [0.25, 0.3) is 5.69 Å². The van der Waals surface area contributed by atoms with Crippen LogP contribution in [0.5, 0.6) is 0 Å². The highest BCUT2D eigenvalue weighted by Crippen LogP contribution is 2.11. The van der Waals surface area contributed by atoms with E-state index in [0.717, 1.165) is 31.7 Å². The fraction of sp³-hybridized carbons (Fsp3) is 0.375. The van der Waals surface area contributed by atoms with Crippen LogP contribution in [-0.2, 0) is 0 Å². The Morgan fingerprint density at radius 3 is 3.00 bits per heavy atom. The van der Waals surface area contributed by atoms with Crippen molar-refractivity contribution in [1.29, 1.82) is 0 Å². The average molecular weight is 284 g/mol. The SMILES string of the molecule is O=C(NCCC1CCNC1)c1cnn(-c2ccccc2)c1. The van der Waals surface area contributed by atoms with Crippen LogP contribution < -0.4 is 10.6 Å². The lowest BCUT2D eigenvalue weighted by Gasteiger charge is -2.08. The number of benzene rings is 1. The molecule has 1 aliphatic heterocycles. The number of amides is 1. The summed E-state index contributed by atoms with van der Waals surface area (Å²) < 4.78 is 1.72. The minimum atomic E-state index is -0.0527. The molecule has 2 N–H and O–H groups in total. The molecule has 0 bridgehead atoms. The Bertz CT molecular complexity index is 587. The van der Waals surface area contributed by atoms with Crippen molar-refractivity contribution in [2.45, 2.75) is 12.8 Å². The summed E-state index contributed by atoms with van der Waals surface area (Å²) >= 11 is 0. The van der Waals surface area contributed by atoms with Crippen LogP contribution in [0.1, 0.15) is 23.2 Å². The van der Waals surface area contributed by atoms with Gasteiger partial charge in [-0.1, -0.05) is 18.2 Å². The Labute approximate surface area is 124 Å². The molecule has 2 aromatic rings. The van der Waals surface area contributed by atoms with Gasteiger partial charge in [-0.15, -0.1) is 0 Å². The first-order valence-electron chi connectivity index (χ1n) is 7.42. The molecular formula is C16H20N4O. The lowest BCUT2D eigenvalue weighted by Crippen LogP contribution is -2.26. The zero-order valence-corrected chi connectivity index (χ0v) is 12.0.